The Morgan fingerprint density at radius 2 is 2.24 bits per heavy atom. The Kier molecular flexibility index (Phi) is 2.55. The van der Waals surface area contributed by atoms with Crippen LogP contribution in [0.3, 0.4) is 0 Å². The first-order valence-electron chi connectivity index (χ1n) is 5.54. The maximum absolute atomic E-state index is 9.99. The second-order valence-corrected chi connectivity index (χ2v) is 4.96. The van der Waals surface area contributed by atoms with Gasteiger partial charge >= 0.3 is 0 Å². The number of aromatic nitrogens is 1. The highest BCUT2D eigenvalue weighted by Gasteiger charge is 2.17. The number of aliphatic imine (C=N–C) groups is 1. The van der Waals surface area contributed by atoms with Crippen molar-refractivity contribution in [2.45, 2.75) is 6.42 Å². The SMILES string of the molecule is Oc1[nH]c2ccc(Br)cc2c1C1=NCCCN1. The van der Waals surface area contributed by atoms with Gasteiger partial charge in [0.15, 0.2) is 0 Å². The van der Waals surface area contributed by atoms with Gasteiger partial charge in [-0.05, 0) is 24.6 Å². The topological polar surface area (TPSA) is 60.4 Å². The third-order valence-electron chi connectivity index (χ3n) is 2.87. The minimum Gasteiger partial charge on any atom is -0.494 e. The predicted molar refractivity (Wildman–Crippen MR) is 71.7 cm³/mol. The first-order chi connectivity index (χ1) is 8.25. The van der Waals surface area contributed by atoms with E-state index in [1.54, 1.807) is 0 Å². The molecule has 5 heteroatoms. The molecule has 1 aromatic carbocycles. The van der Waals surface area contributed by atoms with Crippen LogP contribution in [0, 0.1) is 0 Å². The molecule has 0 radical (unpaired) electrons. The Bertz CT molecular complexity index is 603. The molecule has 0 amide bonds. The molecule has 3 rings (SSSR count). The predicted octanol–water partition coefficient (Wildman–Crippen LogP) is 2.38. The Morgan fingerprint density at radius 3 is 3.00 bits per heavy atom. The fourth-order valence-electron chi connectivity index (χ4n) is 2.09. The van der Waals surface area contributed by atoms with Gasteiger partial charge in [-0.2, -0.15) is 0 Å². The minimum absolute atomic E-state index is 0.172. The number of amidine groups is 1. The zero-order chi connectivity index (χ0) is 11.8. The zero-order valence-electron chi connectivity index (χ0n) is 9.13. The van der Waals surface area contributed by atoms with Crippen molar-refractivity contribution in [1.29, 1.82) is 0 Å². The molecule has 88 valence electrons. The standard InChI is InChI=1S/C12H12BrN3O/c13-7-2-3-9-8(6-7)10(12(17)16-9)11-14-4-1-5-15-11/h2-3,6,16-17H,1,4-5H2,(H,14,15). The first kappa shape index (κ1) is 10.7. The molecule has 0 saturated carbocycles. The van der Waals surface area contributed by atoms with Crippen molar-refractivity contribution in [2.24, 2.45) is 4.99 Å². The highest BCUT2D eigenvalue weighted by atomic mass is 79.9. The molecule has 2 heterocycles. The summed E-state index contributed by atoms with van der Waals surface area (Å²) in [5.41, 5.74) is 1.68. The summed E-state index contributed by atoms with van der Waals surface area (Å²) in [5, 5.41) is 14.2. The van der Waals surface area contributed by atoms with Crippen LogP contribution in [0.15, 0.2) is 27.7 Å². The lowest BCUT2D eigenvalue weighted by molar-refractivity contribution is 0.457. The Morgan fingerprint density at radius 1 is 1.35 bits per heavy atom. The lowest BCUT2D eigenvalue weighted by Crippen LogP contribution is -2.30. The van der Waals surface area contributed by atoms with Crippen LogP contribution in [0.4, 0.5) is 0 Å². The number of rotatable bonds is 1. The van der Waals surface area contributed by atoms with Crippen molar-refractivity contribution in [1.82, 2.24) is 10.3 Å². The van der Waals surface area contributed by atoms with E-state index in [0.29, 0.717) is 0 Å². The van der Waals surface area contributed by atoms with E-state index in [9.17, 15) is 5.11 Å². The van der Waals surface area contributed by atoms with Crippen molar-refractivity contribution < 1.29 is 5.11 Å². The van der Waals surface area contributed by atoms with Crippen LogP contribution in [0.2, 0.25) is 0 Å². The van der Waals surface area contributed by atoms with Crippen molar-refractivity contribution in [2.75, 3.05) is 13.1 Å². The van der Waals surface area contributed by atoms with Gasteiger partial charge in [0.05, 0.1) is 5.56 Å². The molecule has 0 saturated heterocycles. The summed E-state index contributed by atoms with van der Waals surface area (Å²) in [7, 11) is 0. The van der Waals surface area contributed by atoms with Crippen LogP contribution in [0.1, 0.15) is 12.0 Å². The average molecular weight is 294 g/mol. The van der Waals surface area contributed by atoms with Crippen molar-refractivity contribution >= 4 is 32.7 Å². The number of nitrogens with zero attached hydrogens (tertiary/aromatic N) is 1. The van der Waals surface area contributed by atoms with Gasteiger partial charge in [0.2, 0.25) is 5.88 Å². The second kappa shape index (κ2) is 4.07. The molecular formula is C12H12BrN3O. The molecule has 0 bridgehead atoms. The van der Waals surface area contributed by atoms with Gasteiger partial charge in [-0.1, -0.05) is 15.9 Å². The number of halogens is 1. The quantitative estimate of drug-likeness (QED) is 0.756. The third kappa shape index (κ3) is 1.80. The lowest BCUT2D eigenvalue weighted by Gasteiger charge is -2.14. The molecular weight excluding hydrogens is 282 g/mol. The van der Waals surface area contributed by atoms with E-state index in [-0.39, 0.29) is 5.88 Å². The molecule has 17 heavy (non-hydrogen) atoms. The fourth-order valence-corrected chi connectivity index (χ4v) is 2.45. The molecule has 2 aromatic rings. The summed E-state index contributed by atoms with van der Waals surface area (Å²) in [6.45, 7) is 1.71. The van der Waals surface area contributed by atoms with E-state index in [0.717, 1.165) is 46.3 Å². The van der Waals surface area contributed by atoms with Crippen LogP contribution in [0.5, 0.6) is 5.88 Å². The van der Waals surface area contributed by atoms with E-state index < -0.39 is 0 Å². The third-order valence-corrected chi connectivity index (χ3v) is 3.37. The molecule has 0 fully saturated rings. The summed E-state index contributed by atoms with van der Waals surface area (Å²) in [6, 6.07) is 5.86. The monoisotopic (exact) mass is 293 g/mol. The maximum Gasteiger partial charge on any atom is 0.200 e. The summed E-state index contributed by atoms with van der Waals surface area (Å²) in [5.74, 6) is 0.948. The van der Waals surface area contributed by atoms with E-state index >= 15 is 0 Å². The van der Waals surface area contributed by atoms with Gasteiger partial charge in [-0.15, -0.1) is 0 Å². The first-order valence-corrected chi connectivity index (χ1v) is 6.34. The lowest BCUT2D eigenvalue weighted by atomic mass is 10.1. The number of H-pyrrole nitrogens is 1. The van der Waals surface area contributed by atoms with Gasteiger partial charge < -0.3 is 15.4 Å². The highest BCUT2D eigenvalue weighted by Crippen LogP contribution is 2.30. The van der Waals surface area contributed by atoms with Gasteiger partial charge in [0, 0.05) is 28.5 Å². The Balaban J connectivity index is 2.23. The summed E-state index contributed by atoms with van der Waals surface area (Å²) in [4.78, 5) is 7.39. The zero-order valence-corrected chi connectivity index (χ0v) is 10.7. The number of aromatic hydroxyl groups is 1. The molecule has 0 unspecified atom stereocenters. The van der Waals surface area contributed by atoms with Gasteiger partial charge in [0.25, 0.3) is 0 Å². The molecule has 1 aliphatic rings. The smallest absolute Gasteiger partial charge is 0.200 e. The average Bonchev–Trinajstić information content (AvgIpc) is 2.65. The number of benzene rings is 1. The molecule has 0 spiro atoms. The van der Waals surface area contributed by atoms with E-state index in [4.69, 9.17) is 0 Å². The Labute approximate surface area is 107 Å². The summed E-state index contributed by atoms with van der Waals surface area (Å²) in [6.07, 6.45) is 1.04. The van der Waals surface area contributed by atoms with Gasteiger partial charge in [0.1, 0.15) is 5.84 Å². The van der Waals surface area contributed by atoms with E-state index in [2.05, 4.69) is 31.2 Å². The number of nitrogens with one attached hydrogen (secondary N) is 2. The van der Waals surface area contributed by atoms with Crippen LogP contribution < -0.4 is 5.32 Å². The largest absolute Gasteiger partial charge is 0.494 e. The molecule has 1 aromatic heterocycles. The normalized spacial score (nSPS) is 15.7. The van der Waals surface area contributed by atoms with E-state index in [1.807, 2.05) is 18.2 Å². The highest BCUT2D eigenvalue weighted by molar-refractivity contribution is 9.10. The van der Waals surface area contributed by atoms with Crippen LogP contribution in [-0.2, 0) is 0 Å². The van der Waals surface area contributed by atoms with Gasteiger partial charge in [-0.3, -0.25) is 4.99 Å². The van der Waals surface area contributed by atoms with Crippen LogP contribution in [-0.4, -0.2) is 29.0 Å². The molecule has 1 aliphatic heterocycles. The summed E-state index contributed by atoms with van der Waals surface area (Å²) >= 11 is 3.44. The Hall–Kier alpha value is -1.49. The van der Waals surface area contributed by atoms with E-state index in [1.165, 1.54) is 0 Å². The molecule has 3 N–H and O–H groups in total. The van der Waals surface area contributed by atoms with Crippen LogP contribution in [0.25, 0.3) is 10.9 Å². The summed E-state index contributed by atoms with van der Waals surface area (Å²) < 4.78 is 0.988. The van der Waals surface area contributed by atoms with Crippen molar-refractivity contribution in [3.8, 4) is 5.88 Å². The number of fused-ring (bicyclic) bond motifs is 1. The van der Waals surface area contributed by atoms with Gasteiger partial charge in [-0.25, -0.2) is 0 Å². The van der Waals surface area contributed by atoms with Crippen molar-refractivity contribution in [3.05, 3.63) is 28.2 Å². The molecule has 4 nitrogen and oxygen atoms in total. The number of hydrogen-bond acceptors (Lipinski definition) is 3. The van der Waals surface area contributed by atoms with Crippen LogP contribution >= 0.6 is 15.9 Å². The molecule has 0 atom stereocenters. The fraction of sp³-hybridized carbons (Fsp3) is 0.250. The minimum atomic E-state index is 0.172. The number of aromatic amines is 1. The number of hydrogen-bond donors (Lipinski definition) is 3. The van der Waals surface area contributed by atoms with Crippen molar-refractivity contribution in [3.63, 3.8) is 0 Å². The maximum atomic E-state index is 9.99. The molecule has 0 aliphatic carbocycles. The second-order valence-electron chi connectivity index (χ2n) is 4.05.